The second-order valence-electron chi connectivity index (χ2n) is 1.77. The van der Waals surface area contributed by atoms with Gasteiger partial charge < -0.3 is 4.74 Å². The zero-order chi connectivity index (χ0) is 6.95. The standard InChI is InChI=1S/C8H14O.B.3FH/c1-3-5-7-9-8-6-4-2;;;;/h3-4H,1-2,5-8H2;;3*1H. The van der Waals surface area contributed by atoms with Crippen LogP contribution >= 0.6 is 0 Å². The molecular weight excluding hydrogens is 180 g/mol. The Labute approximate surface area is 79.5 Å². The second kappa shape index (κ2) is 30.2. The van der Waals surface area contributed by atoms with Gasteiger partial charge in [0.1, 0.15) is 0 Å². The first-order valence-electron chi connectivity index (χ1n) is 3.21. The molecule has 79 valence electrons. The van der Waals surface area contributed by atoms with Crippen LogP contribution in [-0.2, 0) is 4.74 Å². The fraction of sp³-hybridized carbons (Fsp3) is 0.500. The molecule has 3 radical (unpaired) electrons. The van der Waals surface area contributed by atoms with Crippen molar-refractivity contribution in [1.29, 1.82) is 0 Å². The Kier molecular flexibility index (Phi) is 68.5. The van der Waals surface area contributed by atoms with Crippen molar-refractivity contribution in [1.82, 2.24) is 0 Å². The van der Waals surface area contributed by atoms with Crippen LogP contribution in [0.25, 0.3) is 0 Å². The Morgan fingerprint density at radius 2 is 1.15 bits per heavy atom. The first-order chi connectivity index (χ1) is 4.41. The van der Waals surface area contributed by atoms with Gasteiger partial charge in [0.2, 0.25) is 0 Å². The number of rotatable bonds is 6. The van der Waals surface area contributed by atoms with Crippen molar-refractivity contribution in [2.75, 3.05) is 13.2 Å². The summed E-state index contributed by atoms with van der Waals surface area (Å²) in [6.07, 6.45) is 5.59. The van der Waals surface area contributed by atoms with Gasteiger partial charge in [0.05, 0.1) is 13.2 Å². The van der Waals surface area contributed by atoms with Crippen LogP contribution in [0.4, 0.5) is 14.1 Å². The maximum absolute atomic E-state index is 5.17. The molecule has 0 aromatic rings. The minimum Gasteiger partial charge on any atom is -0.381 e. The Morgan fingerprint density at radius 3 is 1.38 bits per heavy atom. The molecule has 0 aliphatic carbocycles. The normalized spacial score (nSPS) is 6.15. The van der Waals surface area contributed by atoms with Gasteiger partial charge in [-0.2, -0.15) is 0 Å². The maximum Gasteiger partial charge on any atom is 0.0500 e. The largest absolute Gasteiger partial charge is 0.381 e. The molecule has 0 unspecified atom stereocenters. The van der Waals surface area contributed by atoms with E-state index >= 15 is 0 Å². The predicted octanol–water partition coefficient (Wildman–Crippen LogP) is 2.23. The van der Waals surface area contributed by atoms with E-state index in [9.17, 15) is 0 Å². The molecule has 0 atom stereocenters. The third-order valence-electron chi connectivity index (χ3n) is 0.933. The summed E-state index contributed by atoms with van der Waals surface area (Å²) in [7, 11) is 0. The third kappa shape index (κ3) is 34.8. The molecule has 0 saturated carbocycles. The summed E-state index contributed by atoms with van der Waals surface area (Å²) in [5, 5.41) is 0. The summed E-state index contributed by atoms with van der Waals surface area (Å²) in [4.78, 5) is 0. The average molecular weight is 197 g/mol. The van der Waals surface area contributed by atoms with E-state index < -0.39 is 0 Å². The van der Waals surface area contributed by atoms with Crippen LogP contribution in [0.1, 0.15) is 12.8 Å². The van der Waals surface area contributed by atoms with E-state index in [2.05, 4.69) is 13.2 Å². The van der Waals surface area contributed by atoms with Gasteiger partial charge in [0.25, 0.3) is 0 Å². The van der Waals surface area contributed by atoms with Gasteiger partial charge in [-0.05, 0) is 12.8 Å². The fourth-order valence-electron chi connectivity index (χ4n) is 0.435. The zero-order valence-corrected chi connectivity index (χ0v) is 7.61. The van der Waals surface area contributed by atoms with Crippen LogP contribution in [0.3, 0.4) is 0 Å². The SMILES string of the molecule is C=CCCOCCC=C.F.F.F.[B]. The van der Waals surface area contributed by atoms with Crippen molar-refractivity contribution in [3.8, 4) is 0 Å². The highest BCUT2D eigenvalue weighted by molar-refractivity contribution is 5.75. The summed E-state index contributed by atoms with van der Waals surface area (Å²) in [6, 6.07) is 0. The molecular formula is C8H17BF3O. The molecule has 0 rings (SSSR count). The Hall–Kier alpha value is -0.705. The molecule has 0 saturated heterocycles. The highest BCUT2D eigenvalue weighted by Gasteiger charge is 1.81. The molecule has 0 aliphatic rings. The molecule has 0 spiro atoms. The number of hydrogen-bond acceptors (Lipinski definition) is 1. The van der Waals surface area contributed by atoms with Crippen molar-refractivity contribution in [3.05, 3.63) is 25.3 Å². The van der Waals surface area contributed by atoms with Gasteiger partial charge in [-0.25, -0.2) is 0 Å². The van der Waals surface area contributed by atoms with Gasteiger partial charge in [0, 0.05) is 8.41 Å². The van der Waals surface area contributed by atoms with E-state index in [4.69, 9.17) is 4.74 Å². The zero-order valence-electron chi connectivity index (χ0n) is 7.61. The van der Waals surface area contributed by atoms with Gasteiger partial charge in [-0.3, -0.25) is 14.1 Å². The van der Waals surface area contributed by atoms with Crippen LogP contribution in [0.15, 0.2) is 25.3 Å². The monoisotopic (exact) mass is 197 g/mol. The number of halogens is 3. The van der Waals surface area contributed by atoms with Crippen LogP contribution in [-0.4, -0.2) is 21.6 Å². The first kappa shape index (κ1) is 29.5. The topological polar surface area (TPSA) is 9.23 Å². The average Bonchev–Trinajstić information content (AvgIpc) is 1.89. The van der Waals surface area contributed by atoms with Crippen molar-refractivity contribution in [2.45, 2.75) is 12.8 Å². The molecule has 5 heteroatoms. The van der Waals surface area contributed by atoms with Crippen molar-refractivity contribution >= 4 is 8.41 Å². The quantitative estimate of drug-likeness (QED) is 0.360. The highest BCUT2D eigenvalue weighted by Crippen LogP contribution is 1.85. The lowest BCUT2D eigenvalue weighted by Gasteiger charge is -1.96. The van der Waals surface area contributed by atoms with Crippen molar-refractivity contribution in [2.24, 2.45) is 0 Å². The molecule has 0 N–H and O–H groups in total. The number of ether oxygens (including phenoxy) is 1. The van der Waals surface area contributed by atoms with Crippen LogP contribution in [0.2, 0.25) is 0 Å². The van der Waals surface area contributed by atoms with Gasteiger partial charge in [0.15, 0.2) is 0 Å². The Balaban J connectivity index is -0.0000000533. The van der Waals surface area contributed by atoms with E-state index in [1.54, 1.807) is 0 Å². The van der Waals surface area contributed by atoms with E-state index in [1.807, 2.05) is 12.2 Å². The van der Waals surface area contributed by atoms with Crippen LogP contribution in [0, 0.1) is 0 Å². The molecule has 0 bridgehead atoms. The van der Waals surface area contributed by atoms with Crippen molar-refractivity contribution in [3.63, 3.8) is 0 Å². The number of hydrogen-bond donors (Lipinski definition) is 0. The second-order valence-corrected chi connectivity index (χ2v) is 1.77. The molecule has 0 aromatic heterocycles. The molecule has 0 aromatic carbocycles. The lowest BCUT2D eigenvalue weighted by atomic mass is 10.4. The van der Waals surface area contributed by atoms with Crippen molar-refractivity contribution < 1.29 is 18.9 Å². The first-order valence-corrected chi connectivity index (χ1v) is 3.21. The Morgan fingerprint density at radius 1 is 0.846 bits per heavy atom. The minimum absolute atomic E-state index is 0. The van der Waals surface area contributed by atoms with E-state index in [0.717, 1.165) is 26.1 Å². The molecule has 0 aliphatic heterocycles. The van der Waals surface area contributed by atoms with Crippen LogP contribution in [0.5, 0.6) is 0 Å². The van der Waals surface area contributed by atoms with E-state index in [1.165, 1.54) is 0 Å². The fourth-order valence-corrected chi connectivity index (χ4v) is 0.435. The van der Waals surface area contributed by atoms with E-state index in [-0.39, 0.29) is 22.5 Å². The molecule has 13 heavy (non-hydrogen) atoms. The highest BCUT2D eigenvalue weighted by atomic mass is 19.0. The lowest BCUT2D eigenvalue weighted by Crippen LogP contribution is -1.93. The summed E-state index contributed by atoms with van der Waals surface area (Å²) >= 11 is 0. The smallest absolute Gasteiger partial charge is 0.0500 e. The van der Waals surface area contributed by atoms with E-state index in [0.29, 0.717) is 0 Å². The summed E-state index contributed by atoms with van der Waals surface area (Å²) in [6.45, 7) is 8.73. The molecule has 1 nitrogen and oxygen atoms in total. The summed E-state index contributed by atoms with van der Waals surface area (Å²) < 4.78 is 5.17. The van der Waals surface area contributed by atoms with Gasteiger partial charge >= 0.3 is 0 Å². The Bertz CT molecular complexity index is 81.5. The minimum atomic E-state index is 0. The molecule has 0 amide bonds. The van der Waals surface area contributed by atoms with Gasteiger partial charge in [-0.1, -0.05) is 12.2 Å². The maximum atomic E-state index is 5.17. The predicted molar refractivity (Wildman–Crippen MR) is 53.7 cm³/mol. The summed E-state index contributed by atoms with van der Waals surface area (Å²) in [5.41, 5.74) is 0. The molecule has 0 fully saturated rings. The summed E-state index contributed by atoms with van der Waals surface area (Å²) in [5.74, 6) is 0. The van der Waals surface area contributed by atoms with Crippen LogP contribution < -0.4 is 0 Å². The molecule has 0 heterocycles. The lowest BCUT2D eigenvalue weighted by molar-refractivity contribution is 0.143. The third-order valence-corrected chi connectivity index (χ3v) is 0.933. The van der Waals surface area contributed by atoms with Gasteiger partial charge in [-0.15, -0.1) is 13.2 Å².